The number of rotatable bonds is 4. The van der Waals surface area contributed by atoms with Crippen LogP contribution in [0.2, 0.25) is 0 Å². The van der Waals surface area contributed by atoms with Crippen LogP contribution in [0.5, 0.6) is 0 Å². The topological polar surface area (TPSA) is 81.9 Å². The van der Waals surface area contributed by atoms with Crippen LogP contribution in [0.3, 0.4) is 0 Å². The number of benzene rings is 1. The Morgan fingerprint density at radius 2 is 2.16 bits per heavy atom. The number of hydrogen-bond donors (Lipinski definition) is 3. The molecular weight excluding hydrogens is 306 g/mol. The number of hydrogen-bond acceptors (Lipinski definition) is 4. The summed E-state index contributed by atoms with van der Waals surface area (Å²) in [4.78, 5) is 0. The van der Waals surface area contributed by atoms with Gasteiger partial charge in [-0.1, -0.05) is 15.9 Å². The summed E-state index contributed by atoms with van der Waals surface area (Å²) in [7, 11) is 1.93. The molecule has 1 aromatic heterocycles. The largest absolute Gasteiger partial charge is 0.398 e. The highest BCUT2D eigenvalue weighted by Gasteiger charge is 2.16. The molecule has 5 N–H and O–H groups in total. The molecule has 0 radical (unpaired) electrons. The fourth-order valence-electron chi connectivity index (χ4n) is 2.17. The number of aryl methyl sites for hydroxylation is 2. The quantitative estimate of drug-likeness (QED) is 0.455. The first-order chi connectivity index (χ1) is 9.01. The van der Waals surface area contributed by atoms with Crippen molar-refractivity contribution in [3.63, 3.8) is 0 Å². The van der Waals surface area contributed by atoms with E-state index in [1.54, 1.807) is 0 Å². The van der Waals surface area contributed by atoms with Crippen LogP contribution in [0.15, 0.2) is 28.7 Å². The smallest absolute Gasteiger partial charge is 0.0596 e. The Bertz CT molecular complexity index is 578. The van der Waals surface area contributed by atoms with Gasteiger partial charge in [-0.15, -0.1) is 0 Å². The zero-order valence-corrected chi connectivity index (χ0v) is 12.6. The van der Waals surface area contributed by atoms with Gasteiger partial charge < -0.3 is 5.73 Å². The molecule has 0 saturated carbocycles. The van der Waals surface area contributed by atoms with Crippen molar-refractivity contribution in [1.29, 1.82) is 0 Å². The lowest BCUT2D eigenvalue weighted by atomic mass is 10.0. The molecule has 0 aliphatic rings. The van der Waals surface area contributed by atoms with E-state index >= 15 is 0 Å². The van der Waals surface area contributed by atoms with Gasteiger partial charge in [-0.25, -0.2) is 0 Å². The van der Waals surface area contributed by atoms with Crippen LogP contribution in [0.4, 0.5) is 5.69 Å². The van der Waals surface area contributed by atoms with Crippen molar-refractivity contribution in [3.8, 4) is 0 Å². The van der Waals surface area contributed by atoms with Gasteiger partial charge in [0.1, 0.15) is 0 Å². The number of aromatic nitrogens is 2. The van der Waals surface area contributed by atoms with Gasteiger partial charge in [0.25, 0.3) is 0 Å². The maximum absolute atomic E-state index is 6.02. The van der Waals surface area contributed by atoms with Gasteiger partial charge in [-0.3, -0.25) is 16.0 Å². The number of anilines is 1. The van der Waals surface area contributed by atoms with Crippen molar-refractivity contribution in [1.82, 2.24) is 15.2 Å². The maximum atomic E-state index is 6.02. The average molecular weight is 324 g/mol. The standard InChI is InChI=1S/C13H18BrN5/c1-8-5-10(19(2)18-8)7-13(17-16)11-6-9(14)3-4-12(11)15/h3-6,13,17H,7,15-16H2,1-2H3. The van der Waals surface area contributed by atoms with Crippen LogP contribution in [-0.2, 0) is 13.5 Å². The minimum atomic E-state index is -0.0488. The molecule has 2 aromatic rings. The SMILES string of the molecule is Cc1cc(CC(NN)c2cc(Br)ccc2N)n(C)n1. The highest BCUT2D eigenvalue weighted by atomic mass is 79.9. The molecule has 1 atom stereocenters. The Morgan fingerprint density at radius 3 is 2.74 bits per heavy atom. The summed E-state index contributed by atoms with van der Waals surface area (Å²) in [6.07, 6.45) is 0.731. The molecule has 1 heterocycles. The minimum Gasteiger partial charge on any atom is -0.398 e. The number of nitrogens with zero attached hydrogens (tertiary/aromatic N) is 2. The zero-order chi connectivity index (χ0) is 14.0. The van der Waals surface area contributed by atoms with Gasteiger partial charge in [-0.05, 0) is 36.8 Å². The summed E-state index contributed by atoms with van der Waals surface area (Å²) in [5.74, 6) is 5.68. The summed E-state index contributed by atoms with van der Waals surface area (Å²) in [6.45, 7) is 1.97. The third kappa shape index (κ3) is 3.15. The Balaban J connectivity index is 2.30. The van der Waals surface area contributed by atoms with Crippen LogP contribution in [0, 0.1) is 6.92 Å². The van der Waals surface area contributed by atoms with E-state index in [9.17, 15) is 0 Å². The minimum absolute atomic E-state index is 0.0488. The molecule has 2 rings (SSSR count). The molecule has 1 unspecified atom stereocenters. The first-order valence-corrected chi connectivity index (χ1v) is 6.81. The van der Waals surface area contributed by atoms with E-state index in [-0.39, 0.29) is 6.04 Å². The molecule has 19 heavy (non-hydrogen) atoms. The van der Waals surface area contributed by atoms with Crippen molar-refractivity contribution < 1.29 is 0 Å². The molecule has 0 spiro atoms. The average Bonchev–Trinajstić information content (AvgIpc) is 2.68. The van der Waals surface area contributed by atoms with E-state index in [1.807, 2.05) is 36.9 Å². The highest BCUT2D eigenvalue weighted by molar-refractivity contribution is 9.10. The van der Waals surface area contributed by atoms with Crippen molar-refractivity contribution >= 4 is 21.6 Å². The van der Waals surface area contributed by atoms with Gasteiger partial charge >= 0.3 is 0 Å². The summed E-state index contributed by atoms with van der Waals surface area (Å²) in [5, 5.41) is 4.34. The second-order valence-electron chi connectivity index (χ2n) is 4.60. The lowest BCUT2D eigenvalue weighted by Gasteiger charge is -2.18. The number of nitrogens with two attached hydrogens (primary N) is 2. The fourth-order valence-corrected chi connectivity index (χ4v) is 2.55. The molecule has 0 saturated heterocycles. The van der Waals surface area contributed by atoms with Gasteiger partial charge in [-0.2, -0.15) is 5.10 Å². The number of nitrogen functional groups attached to an aromatic ring is 1. The Kier molecular flexibility index (Phi) is 4.24. The van der Waals surface area contributed by atoms with E-state index in [0.29, 0.717) is 0 Å². The van der Waals surface area contributed by atoms with Gasteiger partial charge in [0.2, 0.25) is 0 Å². The van der Waals surface area contributed by atoms with Crippen LogP contribution in [-0.4, -0.2) is 9.78 Å². The van der Waals surface area contributed by atoms with E-state index < -0.39 is 0 Å². The van der Waals surface area contributed by atoms with Crippen LogP contribution < -0.4 is 17.0 Å². The first-order valence-electron chi connectivity index (χ1n) is 6.02. The molecule has 0 amide bonds. The monoisotopic (exact) mass is 323 g/mol. The van der Waals surface area contributed by atoms with Crippen molar-refractivity contribution in [2.45, 2.75) is 19.4 Å². The van der Waals surface area contributed by atoms with Gasteiger partial charge in [0.15, 0.2) is 0 Å². The van der Waals surface area contributed by atoms with E-state index in [0.717, 1.165) is 33.5 Å². The van der Waals surface area contributed by atoms with E-state index in [4.69, 9.17) is 11.6 Å². The first kappa shape index (κ1) is 14.0. The zero-order valence-electron chi connectivity index (χ0n) is 11.0. The van der Waals surface area contributed by atoms with Crippen LogP contribution in [0.1, 0.15) is 23.0 Å². The predicted molar refractivity (Wildman–Crippen MR) is 80.3 cm³/mol. The molecular formula is C13H18BrN5. The lowest BCUT2D eigenvalue weighted by molar-refractivity contribution is 0.531. The number of halogens is 1. The second kappa shape index (κ2) is 5.73. The molecule has 102 valence electrons. The predicted octanol–water partition coefficient (Wildman–Crippen LogP) is 1.82. The normalized spacial score (nSPS) is 12.6. The lowest BCUT2D eigenvalue weighted by Crippen LogP contribution is -2.30. The van der Waals surface area contributed by atoms with Crippen molar-refractivity contribution in [2.75, 3.05) is 5.73 Å². The van der Waals surface area contributed by atoms with Crippen LogP contribution >= 0.6 is 15.9 Å². The van der Waals surface area contributed by atoms with E-state index in [2.05, 4.69) is 32.5 Å². The molecule has 0 bridgehead atoms. The molecule has 0 fully saturated rings. The molecule has 1 aromatic carbocycles. The van der Waals surface area contributed by atoms with E-state index in [1.165, 1.54) is 0 Å². The number of nitrogens with one attached hydrogen (secondary N) is 1. The summed E-state index contributed by atoms with van der Waals surface area (Å²) >= 11 is 3.46. The van der Waals surface area contributed by atoms with Crippen molar-refractivity contribution in [3.05, 3.63) is 45.7 Å². The van der Waals surface area contributed by atoms with Gasteiger partial charge in [0.05, 0.1) is 11.7 Å². The van der Waals surface area contributed by atoms with Crippen LogP contribution in [0.25, 0.3) is 0 Å². The molecule has 0 aliphatic heterocycles. The maximum Gasteiger partial charge on any atom is 0.0596 e. The molecule has 0 aliphatic carbocycles. The highest BCUT2D eigenvalue weighted by Crippen LogP contribution is 2.26. The third-order valence-corrected chi connectivity index (χ3v) is 3.63. The second-order valence-corrected chi connectivity index (χ2v) is 5.51. The van der Waals surface area contributed by atoms with Crippen molar-refractivity contribution in [2.24, 2.45) is 12.9 Å². The summed E-state index contributed by atoms with van der Waals surface area (Å²) in [6, 6.07) is 7.79. The third-order valence-electron chi connectivity index (χ3n) is 3.14. The van der Waals surface area contributed by atoms with Gasteiger partial charge in [0, 0.05) is 29.3 Å². The summed E-state index contributed by atoms with van der Waals surface area (Å²) < 4.78 is 2.85. The Labute approximate surface area is 121 Å². The summed E-state index contributed by atoms with van der Waals surface area (Å²) in [5.41, 5.74) is 12.7. The fraction of sp³-hybridized carbons (Fsp3) is 0.308. The molecule has 6 heteroatoms. The number of hydrazine groups is 1. The molecule has 5 nitrogen and oxygen atoms in total. The Morgan fingerprint density at radius 1 is 1.42 bits per heavy atom. The Hall–Kier alpha value is -1.37.